The molecule has 1 aromatic rings. The standard InChI is InChI=1S/C13H20N2S/c1-10-12(14-11(2)16-10)9-15-8-4-7-13(15)5-3-6-13/h3-9H2,1-2H3. The molecule has 2 nitrogen and oxygen atoms in total. The molecule has 16 heavy (non-hydrogen) atoms. The molecule has 2 fully saturated rings. The molecule has 0 unspecified atom stereocenters. The highest BCUT2D eigenvalue weighted by atomic mass is 32.1. The van der Waals surface area contributed by atoms with Crippen LogP contribution in [0.1, 0.15) is 47.7 Å². The van der Waals surface area contributed by atoms with E-state index in [4.69, 9.17) is 0 Å². The lowest BCUT2D eigenvalue weighted by Gasteiger charge is -2.46. The van der Waals surface area contributed by atoms with Gasteiger partial charge in [0.15, 0.2) is 0 Å². The highest BCUT2D eigenvalue weighted by Crippen LogP contribution is 2.46. The van der Waals surface area contributed by atoms with Crippen molar-refractivity contribution in [3.63, 3.8) is 0 Å². The normalized spacial score (nSPS) is 23.9. The summed E-state index contributed by atoms with van der Waals surface area (Å²) in [6.45, 7) is 6.71. The maximum atomic E-state index is 4.67. The lowest BCUT2D eigenvalue weighted by Crippen LogP contribution is -2.48. The molecule has 88 valence electrons. The fourth-order valence-electron chi connectivity index (χ4n) is 3.29. The lowest BCUT2D eigenvalue weighted by atomic mass is 9.75. The molecule has 0 radical (unpaired) electrons. The van der Waals surface area contributed by atoms with Crippen LogP contribution in [-0.2, 0) is 6.54 Å². The summed E-state index contributed by atoms with van der Waals surface area (Å²) in [5.41, 5.74) is 1.92. The Balaban J connectivity index is 1.77. The van der Waals surface area contributed by atoms with Crippen LogP contribution in [0.3, 0.4) is 0 Å². The van der Waals surface area contributed by atoms with E-state index in [0.29, 0.717) is 5.54 Å². The van der Waals surface area contributed by atoms with E-state index in [0.717, 1.165) is 6.54 Å². The maximum absolute atomic E-state index is 4.67. The summed E-state index contributed by atoms with van der Waals surface area (Å²) in [6, 6.07) is 0. The number of aryl methyl sites for hydroxylation is 2. The molecule has 0 aromatic carbocycles. The fraction of sp³-hybridized carbons (Fsp3) is 0.769. The van der Waals surface area contributed by atoms with Gasteiger partial charge in [-0.2, -0.15) is 0 Å². The maximum Gasteiger partial charge on any atom is 0.0900 e. The van der Waals surface area contributed by atoms with Crippen LogP contribution in [0.5, 0.6) is 0 Å². The third kappa shape index (κ3) is 1.61. The number of hydrogen-bond donors (Lipinski definition) is 0. The molecule has 0 bridgehead atoms. The molecule has 1 aromatic heterocycles. The summed E-state index contributed by atoms with van der Waals surface area (Å²) in [5, 5.41) is 1.22. The zero-order valence-electron chi connectivity index (χ0n) is 10.3. The first-order valence-electron chi connectivity index (χ1n) is 6.38. The summed E-state index contributed by atoms with van der Waals surface area (Å²) in [6.07, 6.45) is 7.10. The quantitative estimate of drug-likeness (QED) is 0.783. The SMILES string of the molecule is Cc1nc(CN2CCCC23CCC3)c(C)s1. The van der Waals surface area contributed by atoms with Crippen molar-refractivity contribution in [1.29, 1.82) is 0 Å². The van der Waals surface area contributed by atoms with E-state index in [2.05, 4.69) is 23.7 Å². The number of thiazole rings is 1. The lowest BCUT2D eigenvalue weighted by molar-refractivity contribution is 0.0485. The first-order valence-corrected chi connectivity index (χ1v) is 7.19. The van der Waals surface area contributed by atoms with Crippen molar-refractivity contribution in [2.45, 2.75) is 58.0 Å². The van der Waals surface area contributed by atoms with E-state index in [1.54, 1.807) is 0 Å². The van der Waals surface area contributed by atoms with Gasteiger partial charge in [-0.3, -0.25) is 4.90 Å². The molecule has 0 atom stereocenters. The molecule has 0 N–H and O–H groups in total. The Morgan fingerprint density at radius 1 is 1.25 bits per heavy atom. The molecule has 1 saturated heterocycles. The van der Waals surface area contributed by atoms with E-state index in [9.17, 15) is 0 Å². The Labute approximate surface area is 102 Å². The van der Waals surface area contributed by atoms with Gasteiger partial charge < -0.3 is 0 Å². The van der Waals surface area contributed by atoms with E-state index in [-0.39, 0.29) is 0 Å². The molecular weight excluding hydrogens is 216 g/mol. The Morgan fingerprint density at radius 2 is 2.00 bits per heavy atom. The van der Waals surface area contributed by atoms with E-state index >= 15 is 0 Å². The summed E-state index contributed by atoms with van der Waals surface area (Å²) in [4.78, 5) is 8.80. The van der Waals surface area contributed by atoms with Gasteiger partial charge >= 0.3 is 0 Å². The van der Waals surface area contributed by atoms with E-state index < -0.39 is 0 Å². The van der Waals surface area contributed by atoms with Gasteiger partial charge in [0.1, 0.15) is 0 Å². The minimum Gasteiger partial charge on any atom is -0.292 e. The van der Waals surface area contributed by atoms with Crippen LogP contribution in [0.15, 0.2) is 0 Å². The Morgan fingerprint density at radius 3 is 2.56 bits per heavy atom. The number of rotatable bonds is 2. The van der Waals surface area contributed by atoms with E-state index in [1.807, 2.05) is 11.3 Å². The predicted octanol–water partition coefficient (Wildman–Crippen LogP) is 3.28. The third-order valence-corrected chi connectivity index (χ3v) is 5.29. The minimum atomic E-state index is 0.587. The summed E-state index contributed by atoms with van der Waals surface area (Å²) < 4.78 is 0. The predicted molar refractivity (Wildman–Crippen MR) is 67.8 cm³/mol. The third-order valence-electron chi connectivity index (χ3n) is 4.37. The molecule has 1 saturated carbocycles. The monoisotopic (exact) mass is 236 g/mol. The average Bonchev–Trinajstić information content (AvgIpc) is 2.71. The number of likely N-dealkylation sites (tertiary alicyclic amines) is 1. The molecule has 2 heterocycles. The van der Waals surface area contributed by atoms with Crippen LogP contribution in [0.25, 0.3) is 0 Å². The largest absolute Gasteiger partial charge is 0.292 e. The Hall–Kier alpha value is -0.410. The molecule has 1 aliphatic carbocycles. The van der Waals surface area contributed by atoms with Crippen molar-refractivity contribution in [2.24, 2.45) is 0 Å². The number of nitrogens with zero attached hydrogens (tertiary/aromatic N) is 2. The van der Waals surface area contributed by atoms with Gasteiger partial charge in [-0.05, 0) is 52.5 Å². The van der Waals surface area contributed by atoms with Crippen molar-refractivity contribution in [3.8, 4) is 0 Å². The molecule has 3 rings (SSSR count). The van der Waals surface area contributed by atoms with Gasteiger partial charge in [0, 0.05) is 17.0 Å². The van der Waals surface area contributed by atoms with Crippen LogP contribution in [0, 0.1) is 13.8 Å². The van der Waals surface area contributed by atoms with Gasteiger partial charge in [0.25, 0.3) is 0 Å². The molecular formula is C13H20N2S. The van der Waals surface area contributed by atoms with Gasteiger partial charge in [-0.15, -0.1) is 11.3 Å². The van der Waals surface area contributed by atoms with Crippen molar-refractivity contribution < 1.29 is 0 Å². The minimum absolute atomic E-state index is 0.587. The van der Waals surface area contributed by atoms with Crippen LogP contribution in [0.4, 0.5) is 0 Å². The Bertz CT molecular complexity index is 393. The van der Waals surface area contributed by atoms with E-state index in [1.165, 1.54) is 54.2 Å². The number of hydrogen-bond acceptors (Lipinski definition) is 3. The second kappa shape index (κ2) is 3.81. The van der Waals surface area contributed by atoms with Crippen molar-refractivity contribution in [2.75, 3.05) is 6.54 Å². The summed E-state index contributed by atoms with van der Waals surface area (Å²) >= 11 is 1.84. The van der Waals surface area contributed by atoms with Crippen molar-refractivity contribution >= 4 is 11.3 Å². The fourth-order valence-corrected chi connectivity index (χ4v) is 4.12. The molecule has 3 heteroatoms. The van der Waals surface area contributed by atoms with Crippen LogP contribution in [-0.4, -0.2) is 22.0 Å². The average molecular weight is 236 g/mol. The van der Waals surface area contributed by atoms with Gasteiger partial charge in [-0.25, -0.2) is 4.98 Å². The number of aromatic nitrogens is 1. The first-order chi connectivity index (χ1) is 7.70. The first kappa shape index (κ1) is 10.7. The van der Waals surface area contributed by atoms with Gasteiger partial charge in [0.05, 0.1) is 10.7 Å². The molecule has 2 aliphatic rings. The Kier molecular flexibility index (Phi) is 2.55. The highest BCUT2D eigenvalue weighted by Gasteiger charge is 2.45. The summed E-state index contributed by atoms with van der Waals surface area (Å²) in [7, 11) is 0. The van der Waals surface area contributed by atoms with Crippen molar-refractivity contribution in [1.82, 2.24) is 9.88 Å². The zero-order valence-corrected chi connectivity index (χ0v) is 11.1. The summed E-state index contributed by atoms with van der Waals surface area (Å²) in [5.74, 6) is 0. The highest BCUT2D eigenvalue weighted by molar-refractivity contribution is 7.11. The second-order valence-corrected chi connectivity index (χ2v) is 6.75. The van der Waals surface area contributed by atoms with Gasteiger partial charge in [0.2, 0.25) is 0 Å². The smallest absolute Gasteiger partial charge is 0.0900 e. The molecule has 1 spiro atoms. The van der Waals surface area contributed by atoms with Crippen LogP contribution < -0.4 is 0 Å². The van der Waals surface area contributed by atoms with Crippen molar-refractivity contribution in [3.05, 3.63) is 15.6 Å². The topological polar surface area (TPSA) is 16.1 Å². The van der Waals surface area contributed by atoms with Crippen LogP contribution in [0.2, 0.25) is 0 Å². The van der Waals surface area contributed by atoms with Crippen LogP contribution >= 0.6 is 11.3 Å². The molecule has 0 amide bonds. The second-order valence-electron chi connectivity index (χ2n) is 5.34. The van der Waals surface area contributed by atoms with Gasteiger partial charge in [-0.1, -0.05) is 0 Å². The molecule has 1 aliphatic heterocycles. The zero-order chi connectivity index (χ0) is 11.2.